The summed E-state index contributed by atoms with van der Waals surface area (Å²) in [5.41, 5.74) is 0. The van der Waals surface area contributed by atoms with Gasteiger partial charge in [0.25, 0.3) is 0 Å². The van der Waals surface area contributed by atoms with E-state index in [9.17, 15) is 13.2 Å². The molecule has 1 saturated heterocycles. The van der Waals surface area contributed by atoms with Crippen LogP contribution >= 0.6 is 0 Å². The highest BCUT2D eigenvalue weighted by atomic mass is 19.4. The molecule has 72 valence electrons. The smallest absolute Gasteiger partial charge is 0.303 e. The molecular formula is C7H13F3N2. The predicted octanol–water partition coefficient (Wildman–Crippen LogP) is 0.794. The lowest BCUT2D eigenvalue weighted by Gasteiger charge is -2.42. The molecule has 0 aromatic carbocycles. The van der Waals surface area contributed by atoms with E-state index in [1.807, 2.05) is 11.9 Å². The summed E-state index contributed by atoms with van der Waals surface area (Å²) in [5, 5.41) is 0. The molecule has 1 heterocycles. The van der Waals surface area contributed by atoms with Crippen molar-refractivity contribution < 1.29 is 13.2 Å². The summed E-state index contributed by atoms with van der Waals surface area (Å²) in [4.78, 5) is 3.36. The van der Waals surface area contributed by atoms with E-state index in [-0.39, 0.29) is 6.04 Å². The van der Waals surface area contributed by atoms with Gasteiger partial charge in [0, 0.05) is 19.1 Å². The van der Waals surface area contributed by atoms with Crippen LogP contribution in [0.15, 0.2) is 0 Å². The molecule has 0 bridgehead atoms. The Morgan fingerprint density at radius 2 is 1.92 bits per heavy atom. The molecule has 1 aliphatic heterocycles. The third kappa shape index (κ3) is 2.64. The maximum atomic E-state index is 11.9. The SMILES string of the molecule is CN1CC(N(C)CC(F)(F)F)C1. The lowest BCUT2D eigenvalue weighted by Crippen LogP contribution is -2.58. The van der Waals surface area contributed by atoms with E-state index >= 15 is 0 Å². The monoisotopic (exact) mass is 182 g/mol. The maximum Gasteiger partial charge on any atom is 0.401 e. The van der Waals surface area contributed by atoms with Gasteiger partial charge in [0.2, 0.25) is 0 Å². The van der Waals surface area contributed by atoms with Crippen LogP contribution in [0, 0.1) is 0 Å². The van der Waals surface area contributed by atoms with Crippen LogP contribution in [-0.4, -0.2) is 55.7 Å². The predicted molar refractivity (Wildman–Crippen MR) is 40.0 cm³/mol. The van der Waals surface area contributed by atoms with E-state index in [4.69, 9.17) is 0 Å². The highest BCUT2D eigenvalue weighted by Crippen LogP contribution is 2.19. The van der Waals surface area contributed by atoms with E-state index in [0.29, 0.717) is 0 Å². The van der Waals surface area contributed by atoms with Crippen molar-refractivity contribution >= 4 is 0 Å². The minimum Gasteiger partial charge on any atom is -0.303 e. The topological polar surface area (TPSA) is 6.48 Å². The van der Waals surface area contributed by atoms with Crippen LogP contribution in [0.3, 0.4) is 0 Å². The zero-order valence-corrected chi connectivity index (χ0v) is 7.23. The molecule has 12 heavy (non-hydrogen) atoms. The van der Waals surface area contributed by atoms with Crippen LogP contribution in [-0.2, 0) is 0 Å². The zero-order chi connectivity index (χ0) is 9.35. The Labute approximate surface area is 69.9 Å². The van der Waals surface area contributed by atoms with Crippen molar-refractivity contribution in [3.8, 4) is 0 Å². The van der Waals surface area contributed by atoms with Crippen molar-refractivity contribution in [2.24, 2.45) is 0 Å². The van der Waals surface area contributed by atoms with E-state index in [0.717, 1.165) is 13.1 Å². The van der Waals surface area contributed by atoms with Crippen LogP contribution in [0.1, 0.15) is 0 Å². The Bertz CT molecular complexity index is 151. The van der Waals surface area contributed by atoms with Gasteiger partial charge in [-0.15, -0.1) is 0 Å². The Hall–Kier alpha value is -0.290. The summed E-state index contributed by atoms with van der Waals surface area (Å²) in [6, 6.07) is 0.0802. The molecule has 1 rings (SSSR count). The number of rotatable bonds is 2. The molecule has 2 nitrogen and oxygen atoms in total. The van der Waals surface area contributed by atoms with Crippen molar-refractivity contribution in [3.63, 3.8) is 0 Å². The summed E-state index contributed by atoms with van der Waals surface area (Å²) >= 11 is 0. The molecule has 0 radical (unpaired) electrons. The van der Waals surface area contributed by atoms with Crippen LogP contribution in [0.4, 0.5) is 13.2 Å². The molecule has 0 spiro atoms. The molecule has 0 N–H and O–H groups in total. The number of halogens is 3. The van der Waals surface area contributed by atoms with Gasteiger partial charge in [0.1, 0.15) is 0 Å². The second kappa shape index (κ2) is 3.22. The van der Waals surface area contributed by atoms with Crippen molar-refractivity contribution in [2.75, 3.05) is 33.7 Å². The van der Waals surface area contributed by atoms with Gasteiger partial charge < -0.3 is 4.90 Å². The Kier molecular flexibility index (Phi) is 2.63. The van der Waals surface area contributed by atoms with Gasteiger partial charge in [-0.25, -0.2) is 0 Å². The number of alkyl halides is 3. The van der Waals surface area contributed by atoms with Gasteiger partial charge in [-0.3, -0.25) is 4.90 Å². The Balaban J connectivity index is 2.25. The van der Waals surface area contributed by atoms with Crippen LogP contribution < -0.4 is 0 Å². The second-order valence-electron chi connectivity index (χ2n) is 3.41. The molecule has 0 amide bonds. The van der Waals surface area contributed by atoms with Gasteiger partial charge >= 0.3 is 6.18 Å². The quantitative estimate of drug-likeness (QED) is 0.623. The summed E-state index contributed by atoms with van der Waals surface area (Å²) in [5.74, 6) is 0. The van der Waals surface area contributed by atoms with E-state index in [1.54, 1.807) is 0 Å². The lowest BCUT2D eigenvalue weighted by molar-refractivity contribution is -0.153. The summed E-state index contributed by atoms with van der Waals surface area (Å²) in [6.07, 6.45) is -4.07. The van der Waals surface area contributed by atoms with Gasteiger partial charge in [-0.1, -0.05) is 0 Å². The number of likely N-dealkylation sites (N-methyl/N-ethyl adjacent to an activating group) is 2. The summed E-state index contributed by atoms with van der Waals surface area (Å²) < 4.78 is 35.6. The number of likely N-dealkylation sites (tertiary alicyclic amines) is 1. The maximum absolute atomic E-state index is 11.9. The number of nitrogens with zero attached hydrogens (tertiary/aromatic N) is 2. The first-order chi connectivity index (χ1) is 5.38. The first-order valence-electron chi connectivity index (χ1n) is 3.84. The van der Waals surface area contributed by atoms with Crippen molar-refractivity contribution in [2.45, 2.75) is 12.2 Å². The van der Waals surface area contributed by atoms with Gasteiger partial charge in [-0.2, -0.15) is 13.2 Å². The molecule has 0 atom stereocenters. The summed E-state index contributed by atoms with van der Waals surface area (Å²) in [7, 11) is 3.42. The zero-order valence-electron chi connectivity index (χ0n) is 7.23. The van der Waals surface area contributed by atoms with Gasteiger partial charge in [0.15, 0.2) is 0 Å². The van der Waals surface area contributed by atoms with Gasteiger partial charge in [-0.05, 0) is 14.1 Å². The standard InChI is InChI=1S/C7H13F3N2/c1-11-3-6(4-11)12(2)5-7(8,9)10/h6H,3-5H2,1-2H3. The minimum absolute atomic E-state index is 0.0802. The Morgan fingerprint density at radius 1 is 1.42 bits per heavy atom. The number of hydrogen-bond acceptors (Lipinski definition) is 2. The first-order valence-corrected chi connectivity index (χ1v) is 3.84. The highest BCUT2D eigenvalue weighted by Gasteiger charge is 2.35. The fourth-order valence-electron chi connectivity index (χ4n) is 1.36. The molecule has 1 fully saturated rings. The molecule has 0 aromatic rings. The molecular weight excluding hydrogens is 169 g/mol. The van der Waals surface area contributed by atoms with E-state index in [1.165, 1.54) is 11.9 Å². The normalized spacial score (nSPS) is 21.5. The first kappa shape index (κ1) is 9.80. The van der Waals surface area contributed by atoms with Crippen molar-refractivity contribution in [1.29, 1.82) is 0 Å². The summed E-state index contributed by atoms with van der Waals surface area (Å²) in [6.45, 7) is 0.685. The van der Waals surface area contributed by atoms with E-state index < -0.39 is 12.7 Å². The van der Waals surface area contributed by atoms with Crippen LogP contribution in [0.25, 0.3) is 0 Å². The minimum atomic E-state index is -4.07. The molecule has 5 heteroatoms. The average Bonchev–Trinajstić information content (AvgIpc) is 1.76. The van der Waals surface area contributed by atoms with Crippen LogP contribution in [0.2, 0.25) is 0 Å². The third-order valence-corrected chi connectivity index (χ3v) is 2.10. The molecule has 0 saturated carbocycles. The molecule has 0 aromatic heterocycles. The second-order valence-corrected chi connectivity index (χ2v) is 3.41. The fraction of sp³-hybridized carbons (Fsp3) is 1.00. The number of hydrogen-bond donors (Lipinski definition) is 0. The largest absolute Gasteiger partial charge is 0.401 e. The Morgan fingerprint density at radius 3 is 2.25 bits per heavy atom. The van der Waals surface area contributed by atoms with Gasteiger partial charge in [0.05, 0.1) is 6.54 Å². The average molecular weight is 182 g/mol. The molecule has 0 unspecified atom stereocenters. The highest BCUT2D eigenvalue weighted by molar-refractivity contribution is 4.85. The lowest BCUT2D eigenvalue weighted by atomic mass is 10.1. The van der Waals surface area contributed by atoms with E-state index in [2.05, 4.69) is 0 Å². The van der Waals surface area contributed by atoms with Crippen molar-refractivity contribution in [3.05, 3.63) is 0 Å². The molecule has 0 aliphatic carbocycles. The van der Waals surface area contributed by atoms with Crippen molar-refractivity contribution in [1.82, 2.24) is 9.80 Å². The third-order valence-electron chi connectivity index (χ3n) is 2.10. The molecule has 1 aliphatic rings. The fourth-order valence-corrected chi connectivity index (χ4v) is 1.36. The van der Waals surface area contributed by atoms with Crippen LogP contribution in [0.5, 0.6) is 0 Å².